The second kappa shape index (κ2) is 7.37. The van der Waals surface area contributed by atoms with Gasteiger partial charge in [0.05, 0.1) is 11.1 Å². The van der Waals surface area contributed by atoms with Crippen LogP contribution in [0.5, 0.6) is 0 Å². The van der Waals surface area contributed by atoms with Gasteiger partial charge in [0.15, 0.2) is 0 Å². The van der Waals surface area contributed by atoms with Crippen molar-refractivity contribution in [2.75, 3.05) is 18.0 Å². The van der Waals surface area contributed by atoms with Crippen LogP contribution in [-0.4, -0.2) is 23.9 Å². The van der Waals surface area contributed by atoms with Crippen molar-refractivity contribution < 1.29 is 18.0 Å². The zero-order valence-electron chi connectivity index (χ0n) is 16.0. The number of nitrogens with zero attached hydrogens (tertiary/aromatic N) is 2. The first-order chi connectivity index (χ1) is 13.3. The molecule has 3 nitrogen and oxygen atoms in total. The summed E-state index contributed by atoms with van der Waals surface area (Å²) in [4.78, 5) is 18.5. The zero-order valence-corrected chi connectivity index (χ0v) is 16.0. The van der Waals surface area contributed by atoms with E-state index in [0.29, 0.717) is 42.4 Å². The summed E-state index contributed by atoms with van der Waals surface area (Å²) in [6.45, 7) is 3.63. The molecule has 2 aromatic rings. The Morgan fingerprint density at radius 2 is 1.89 bits per heavy atom. The van der Waals surface area contributed by atoms with Gasteiger partial charge in [-0.25, -0.2) is 0 Å². The van der Waals surface area contributed by atoms with Crippen LogP contribution in [0.25, 0.3) is 10.9 Å². The average Bonchev–Trinajstić information content (AvgIpc) is 3.43. The zero-order chi connectivity index (χ0) is 19.9. The number of pyridine rings is 1. The summed E-state index contributed by atoms with van der Waals surface area (Å²) in [5.41, 5.74) is 0.0717. The number of aromatic nitrogens is 1. The molecule has 2 heterocycles. The Hall–Kier alpha value is -2.11. The lowest BCUT2D eigenvalue weighted by Gasteiger charge is -2.38. The van der Waals surface area contributed by atoms with Gasteiger partial charge in [-0.15, -0.1) is 0 Å². The van der Waals surface area contributed by atoms with Gasteiger partial charge in [0.1, 0.15) is 5.78 Å². The van der Waals surface area contributed by atoms with Crippen LogP contribution in [-0.2, 0) is 11.0 Å². The van der Waals surface area contributed by atoms with Crippen LogP contribution in [0.15, 0.2) is 30.5 Å². The van der Waals surface area contributed by atoms with Gasteiger partial charge in [0, 0.05) is 43.2 Å². The van der Waals surface area contributed by atoms with Crippen molar-refractivity contribution in [3.8, 4) is 0 Å². The van der Waals surface area contributed by atoms with Crippen LogP contribution < -0.4 is 4.90 Å². The van der Waals surface area contributed by atoms with E-state index in [0.717, 1.165) is 24.7 Å². The maximum atomic E-state index is 13.4. The third kappa shape index (κ3) is 4.15. The summed E-state index contributed by atoms with van der Waals surface area (Å²) in [6, 6.07) is 6.08. The molecule has 1 saturated heterocycles. The first-order valence-corrected chi connectivity index (χ1v) is 10.0. The smallest absolute Gasteiger partial charge is 0.370 e. The number of ketones is 1. The van der Waals surface area contributed by atoms with E-state index in [-0.39, 0.29) is 11.4 Å². The number of alkyl halides is 3. The Balaban J connectivity index is 1.60. The van der Waals surface area contributed by atoms with Crippen LogP contribution >= 0.6 is 0 Å². The number of Topliss-reactive ketones (excluding diaryl/α,β-unsaturated/α-hetero) is 1. The highest BCUT2D eigenvalue weighted by Gasteiger charge is 2.35. The Labute approximate surface area is 162 Å². The molecule has 4 rings (SSSR count). The molecular weight excluding hydrogens is 365 g/mol. The fraction of sp³-hybridized carbons (Fsp3) is 0.545. The van der Waals surface area contributed by atoms with Gasteiger partial charge in [0.2, 0.25) is 0 Å². The highest BCUT2D eigenvalue weighted by atomic mass is 19.4. The minimum atomic E-state index is -4.43. The van der Waals surface area contributed by atoms with Crippen LogP contribution in [0.3, 0.4) is 0 Å². The van der Waals surface area contributed by atoms with Crippen molar-refractivity contribution in [2.24, 2.45) is 17.8 Å². The summed E-state index contributed by atoms with van der Waals surface area (Å²) >= 11 is 0. The van der Waals surface area contributed by atoms with Crippen molar-refractivity contribution in [1.29, 1.82) is 0 Å². The Morgan fingerprint density at radius 3 is 2.61 bits per heavy atom. The molecule has 1 aromatic heterocycles. The van der Waals surface area contributed by atoms with Crippen molar-refractivity contribution in [3.63, 3.8) is 0 Å². The SMILES string of the molecule is C[C@H]1C[C@@H](CC(=O)CC2CC2)CN(c2ccc(C(F)(F)F)c3ncccc23)C1. The molecule has 2 atom stereocenters. The Bertz CT molecular complexity index is 876. The van der Waals surface area contributed by atoms with E-state index in [4.69, 9.17) is 0 Å². The van der Waals surface area contributed by atoms with E-state index in [1.165, 1.54) is 19.0 Å². The third-order valence-corrected chi connectivity index (χ3v) is 5.87. The number of carbonyl (C=O) groups excluding carboxylic acids is 1. The molecule has 1 saturated carbocycles. The topological polar surface area (TPSA) is 33.2 Å². The van der Waals surface area contributed by atoms with Crippen molar-refractivity contribution in [2.45, 2.75) is 45.2 Å². The van der Waals surface area contributed by atoms with Crippen LogP contribution in [0.2, 0.25) is 0 Å². The predicted molar refractivity (Wildman–Crippen MR) is 103 cm³/mol. The van der Waals surface area contributed by atoms with Gasteiger partial charge in [0.25, 0.3) is 0 Å². The molecular formula is C22H25F3N2O. The lowest BCUT2D eigenvalue weighted by molar-refractivity contribution is -0.136. The molecule has 0 amide bonds. The third-order valence-electron chi connectivity index (χ3n) is 5.87. The number of hydrogen-bond acceptors (Lipinski definition) is 3. The molecule has 0 unspecified atom stereocenters. The Kier molecular flexibility index (Phi) is 5.06. The quantitative estimate of drug-likeness (QED) is 0.678. The summed E-state index contributed by atoms with van der Waals surface area (Å²) in [7, 11) is 0. The molecule has 1 aliphatic heterocycles. The monoisotopic (exact) mass is 390 g/mol. The molecule has 2 fully saturated rings. The average molecular weight is 390 g/mol. The number of piperidine rings is 1. The summed E-state index contributed by atoms with van der Waals surface area (Å²) < 4.78 is 40.1. The number of rotatable bonds is 5. The lowest BCUT2D eigenvalue weighted by Crippen LogP contribution is -2.40. The number of anilines is 1. The standard InChI is InChI=1S/C22H25F3N2O/c1-14-9-16(11-17(28)10-15-4-5-15)13-27(12-14)20-7-6-19(22(23,24)25)21-18(20)3-2-8-26-21/h2-3,6-8,14-16H,4-5,9-13H2,1H3/t14-,16-/m0/s1. The fourth-order valence-corrected chi connectivity index (χ4v) is 4.54. The van der Waals surface area contributed by atoms with Crippen molar-refractivity contribution >= 4 is 22.4 Å². The van der Waals surface area contributed by atoms with Gasteiger partial charge in [-0.2, -0.15) is 13.2 Å². The molecule has 1 aliphatic carbocycles. The molecule has 150 valence electrons. The van der Waals surface area contributed by atoms with Crippen LogP contribution in [0, 0.1) is 17.8 Å². The van der Waals surface area contributed by atoms with Crippen molar-refractivity contribution in [1.82, 2.24) is 4.98 Å². The first-order valence-electron chi connectivity index (χ1n) is 10.0. The highest BCUT2D eigenvalue weighted by Crippen LogP contribution is 2.39. The van der Waals surface area contributed by atoms with E-state index in [1.54, 1.807) is 18.2 Å². The van der Waals surface area contributed by atoms with Gasteiger partial charge < -0.3 is 4.90 Å². The second-order valence-corrected chi connectivity index (χ2v) is 8.53. The molecule has 2 aliphatic rings. The number of fused-ring (bicyclic) bond motifs is 1. The molecule has 6 heteroatoms. The highest BCUT2D eigenvalue weighted by molar-refractivity contribution is 5.94. The van der Waals surface area contributed by atoms with Crippen LogP contribution in [0.1, 0.15) is 44.6 Å². The predicted octanol–water partition coefficient (Wildman–Crippen LogP) is 5.48. The first kappa shape index (κ1) is 19.2. The number of benzene rings is 1. The van der Waals surface area contributed by atoms with Gasteiger partial charge in [-0.05, 0) is 61.3 Å². The molecule has 1 aromatic carbocycles. The lowest BCUT2D eigenvalue weighted by atomic mass is 9.85. The minimum absolute atomic E-state index is 0.00733. The van der Waals surface area contributed by atoms with E-state index >= 15 is 0 Å². The van der Waals surface area contributed by atoms with Crippen molar-refractivity contribution in [3.05, 3.63) is 36.0 Å². The molecule has 0 spiro atoms. The fourth-order valence-electron chi connectivity index (χ4n) is 4.54. The molecule has 0 N–H and O–H groups in total. The number of carbonyl (C=O) groups is 1. The van der Waals surface area contributed by atoms with Crippen LogP contribution in [0.4, 0.5) is 18.9 Å². The Morgan fingerprint density at radius 1 is 1.14 bits per heavy atom. The van der Waals surface area contributed by atoms with E-state index in [2.05, 4.69) is 16.8 Å². The van der Waals surface area contributed by atoms with Gasteiger partial charge in [-0.1, -0.05) is 6.92 Å². The van der Waals surface area contributed by atoms with E-state index in [1.807, 2.05) is 0 Å². The second-order valence-electron chi connectivity index (χ2n) is 8.53. The molecule has 0 radical (unpaired) electrons. The largest absolute Gasteiger partial charge is 0.418 e. The van der Waals surface area contributed by atoms with E-state index < -0.39 is 11.7 Å². The number of hydrogen-bond donors (Lipinski definition) is 0. The number of halogens is 3. The summed E-state index contributed by atoms with van der Waals surface area (Å²) in [5, 5.41) is 0.523. The van der Waals surface area contributed by atoms with Gasteiger partial charge in [-0.3, -0.25) is 9.78 Å². The summed E-state index contributed by atoms with van der Waals surface area (Å²) in [6.07, 6.45) is 1.57. The normalized spacial score (nSPS) is 23.2. The minimum Gasteiger partial charge on any atom is -0.370 e. The maximum absolute atomic E-state index is 13.4. The summed E-state index contributed by atoms with van der Waals surface area (Å²) in [5.74, 6) is 1.57. The molecule has 0 bridgehead atoms. The van der Waals surface area contributed by atoms with Gasteiger partial charge >= 0.3 is 6.18 Å². The maximum Gasteiger partial charge on any atom is 0.418 e. The van der Waals surface area contributed by atoms with E-state index in [9.17, 15) is 18.0 Å². The molecule has 28 heavy (non-hydrogen) atoms.